The van der Waals surface area contributed by atoms with Gasteiger partial charge in [-0.1, -0.05) is 38.5 Å². The molecule has 1 heterocycles. The average Bonchev–Trinajstić information content (AvgIpc) is 2.58. The standard InChI is InChI=1S/C20H32O6/c1-5-15-11-13(2)16(21)10-8-6-7-9-14(3)26-18(23)12-17(22)20(25-4)19(15)24/h6-8,10,13-15,17,19-20,22,24H,5,9,11-12H2,1-4H3/t13-,14-,15+,17-,19+,20+/m1/s1. The lowest BCUT2D eigenvalue weighted by atomic mass is 9.83. The van der Waals surface area contributed by atoms with E-state index < -0.39 is 24.3 Å². The van der Waals surface area contributed by atoms with Gasteiger partial charge in [-0.25, -0.2) is 0 Å². The van der Waals surface area contributed by atoms with E-state index in [2.05, 4.69) is 0 Å². The first-order valence-corrected chi connectivity index (χ1v) is 9.25. The molecule has 148 valence electrons. The van der Waals surface area contributed by atoms with Crippen molar-refractivity contribution in [1.29, 1.82) is 0 Å². The van der Waals surface area contributed by atoms with Crippen molar-refractivity contribution in [2.24, 2.45) is 11.8 Å². The van der Waals surface area contributed by atoms with Crippen molar-refractivity contribution in [3.63, 3.8) is 0 Å². The summed E-state index contributed by atoms with van der Waals surface area (Å²) < 4.78 is 10.5. The number of ether oxygens (including phenoxy) is 2. The Morgan fingerprint density at radius 3 is 2.54 bits per heavy atom. The number of esters is 1. The van der Waals surface area contributed by atoms with Crippen LogP contribution in [0.2, 0.25) is 0 Å². The fraction of sp³-hybridized carbons (Fsp3) is 0.700. The number of aliphatic hydroxyl groups excluding tert-OH is 2. The number of carbonyl (C=O) groups is 2. The Morgan fingerprint density at radius 2 is 1.92 bits per heavy atom. The van der Waals surface area contributed by atoms with Gasteiger partial charge in [0, 0.05) is 19.4 Å². The Morgan fingerprint density at radius 1 is 1.23 bits per heavy atom. The lowest BCUT2D eigenvalue weighted by Crippen LogP contribution is -2.45. The number of hydrogen-bond acceptors (Lipinski definition) is 6. The maximum absolute atomic E-state index is 12.2. The van der Waals surface area contributed by atoms with Crippen LogP contribution < -0.4 is 0 Å². The van der Waals surface area contributed by atoms with E-state index >= 15 is 0 Å². The molecule has 0 saturated heterocycles. The monoisotopic (exact) mass is 368 g/mol. The normalized spacial score (nSPS) is 35.3. The molecule has 0 aromatic carbocycles. The number of methoxy groups -OCH3 is 1. The lowest BCUT2D eigenvalue weighted by molar-refractivity contribution is -0.156. The molecule has 0 bridgehead atoms. The van der Waals surface area contributed by atoms with Crippen LogP contribution in [0.15, 0.2) is 24.3 Å². The third-order valence-corrected chi connectivity index (χ3v) is 4.82. The number of rotatable bonds is 2. The predicted octanol–water partition coefficient (Wildman–Crippen LogP) is 2.18. The Bertz CT molecular complexity index is 512. The van der Waals surface area contributed by atoms with Gasteiger partial charge in [0.15, 0.2) is 5.78 Å². The van der Waals surface area contributed by atoms with Crippen LogP contribution in [0.25, 0.3) is 0 Å². The van der Waals surface area contributed by atoms with Gasteiger partial charge in [0.25, 0.3) is 0 Å². The summed E-state index contributed by atoms with van der Waals surface area (Å²) in [7, 11) is 1.39. The molecule has 0 spiro atoms. The SMILES string of the molecule is CC[C@H]1C[C@@H](C)C(=O)C=CC=CC[C@@H](C)OC(=O)C[C@@H](O)[C@H](OC)[C@H]1O. The molecule has 26 heavy (non-hydrogen) atoms. The van der Waals surface area contributed by atoms with E-state index in [1.807, 2.05) is 19.9 Å². The molecule has 0 amide bonds. The van der Waals surface area contributed by atoms with Crippen LogP contribution in [-0.4, -0.2) is 53.5 Å². The van der Waals surface area contributed by atoms with Crippen LogP contribution in [0.4, 0.5) is 0 Å². The van der Waals surface area contributed by atoms with Crippen LogP contribution >= 0.6 is 0 Å². The van der Waals surface area contributed by atoms with Gasteiger partial charge in [-0.3, -0.25) is 9.59 Å². The summed E-state index contributed by atoms with van der Waals surface area (Å²) in [4.78, 5) is 24.3. The van der Waals surface area contributed by atoms with Crippen LogP contribution in [0.1, 0.15) is 46.5 Å². The second-order valence-corrected chi connectivity index (χ2v) is 6.99. The summed E-state index contributed by atoms with van der Waals surface area (Å²) in [5.74, 6) is -1.04. The van der Waals surface area contributed by atoms with Crippen molar-refractivity contribution in [3.05, 3.63) is 24.3 Å². The molecular formula is C20H32O6. The first-order chi connectivity index (χ1) is 12.3. The van der Waals surface area contributed by atoms with Gasteiger partial charge < -0.3 is 19.7 Å². The fourth-order valence-electron chi connectivity index (χ4n) is 3.18. The van der Waals surface area contributed by atoms with Crippen molar-refractivity contribution in [2.45, 2.75) is 70.9 Å². The van der Waals surface area contributed by atoms with Gasteiger partial charge in [-0.2, -0.15) is 0 Å². The smallest absolute Gasteiger partial charge is 0.308 e. The summed E-state index contributed by atoms with van der Waals surface area (Å²) >= 11 is 0. The van der Waals surface area contributed by atoms with E-state index in [-0.39, 0.29) is 30.1 Å². The molecule has 0 aromatic heterocycles. The molecule has 2 N–H and O–H groups in total. The van der Waals surface area contributed by atoms with Gasteiger partial charge in [-0.15, -0.1) is 0 Å². The molecule has 0 aliphatic carbocycles. The molecule has 1 rings (SSSR count). The van der Waals surface area contributed by atoms with Crippen LogP contribution in [-0.2, 0) is 19.1 Å². The first-order valence-electron chi connectivity index (χ1n) is 9.25. The van der Waals surface area contributed by atoms with Gasteiger partial charge in [0.1, 0.15) is 12.2 Å². The largest absolute Gasteiger partial charge is 0.462 e. The molecule has 1 aliphatic heterocycles. The lowest BCUT2D eigenvalue weighted by Gasteiger charge is -2.32. The number of ketones is 1. The Balaban J connectivity index is 3.04. The van der Waals surface area contributed by atoms with Gasteiger partial charge in [0.2, 0.25) is 0 Å². The molecule has 6 heteroatoms. The van der Waals surface area contributed by atoms with Gasteiger partial charge in [-0.05, 0) is 25.3 Å². The molecule has 1 aliphatic rings. The van der Waals surface area contributed by atoms with Crippen molar-refractivity contribution < 1.29 is 29.3 Å². The maximum atomic E-state index is 12.2. The zero-order chi connectivity index (χ0) is 19.7. The highest BCUT2D eigenvalue weighted by Crippen LogP contribution is 2.25. The summed E-state index contributed by atoms with van der Waals surface area (Å²) in [6.45, 7) is 5.49. The second kappa shape index (κ2) is 11.3. The molecule has 0 aromatic rings. The maximum Gasteiger partial charge on any atom is 0.308 e. The van der Waals surface area contributed by atoms with E-state index in [1.54, 1.807) is 19.1 Å². The summed E-state index contributed by atoms with van der Waals surface area (Å²) in [5, 5.41) is 21.0. The third kappa shape index (κ3) is 7.02. The highest BCUT2D eigenvalue weighted by molar-refractivity contribution is 5.91. The summed E-state index contributed by atoms with van der Waals surface area (Å²) in [5.41, 5.74) is 0. The average molecular weight is 368 g/mol. The quantitative estimate of drug-likeness (QED) is 0.726. The van der Waals surface area contributed by atoms with Crippen molar-refractivity contribution in [1.82, 2.24) is 0 Å². The minimum atomic E-state index is -1.18. The second-order valence-electron chi connectivity index (χ2n) is 6.99. The van der Waals surface area contributed by atoms with Crippen molar-refractivity contribution in [3.8, 4) is 0 Å². The number of aliphatic hydroxyl groups is 2. The molecule has 0 unspecified atom stereocenters. The molecule has 6 atom stereocenters. The summed E-state index contributed by atoms with van der Waals surface area (Å²) in [6, 6.07) is 0. The zero-order valence-corrected chi connectivity index (χ0v) is 16.1. The Labute approximate surface area is 155 Å². The predicted molar refractivity (Wildman–Crippen MR) is 98.4 cm³/mol. The van der Waals surface area contributed by atoms with Crippen molar-refractivity contribution >= 4 is 11.8 Å². The first kappa shape index (κ1) is 22.5. The fourth-order valence-corrected chi connectivity index (χ4v) is 3.18. The molecular weight excluding hydrogens is 336 g/mol. The van der Waals surface area contributed by atoms with Gasteiger partial charge >= 0.3 is 5.97 Å². The Hall–Kier alpha value is -1.50. The van der Waals surface area contributed by atoms with Crippen molar-refractivity contribution in [2.75, 3.05) is 7.11 Å². The van der Waals surface area contributed by atoms with Crippen LogP contribution in [0.5, 0.6) is 0 Å². The summed E-state index contributed by atoms with van der Waals surface area (Å²) in [6.07, 6.45) is 4.67. The minimum Gasteiger partial charge on any atom is -0.462 e. The topological polar surface area (TPSA) is 93.1 Å². The van der Waals surface area contributed by atoms with E-state index in [0.29, 0.717) is 19.3 Å². The molecule has 6 nitrogen and oxygen atoms in total. The highest BCUT2D eigenvalue weighted by Gasteiger charge is 2.35. The third-order valence-electron chi connectivity index (χ3n) is 4.82. The molecule has 0 radical (unpaired) electrons. The molecule has 0 saturated carbocycles. The van der Waals surface area contributed by atoms with E-state index in [9.17, 15) is 19.8 Å². The van der Waals surface area contributed by atoms with E-state index in [0.717, 1.165) is 0 Å². The van der Waals surface area contributed by atoms with E-state index in [1.165, 1.54) is 13.2 Å². The number of hydrogen-bond donors (Lipinski definition) is 2. The van der Waals surface area contributed by atoms with Crippen LogP contribution in [0.3, 0.4) is 0 Å². The van der Waals surface area contributed by atoms with E-state index in [4.69, 9.17) is 9.47 Å². The number of carbonyl (C=O) groups excluding carboxylic acids is 2. The van der Waals surface area contributed by atoms with Crippen LogP contribution in [0, 0.1) is 11.8 Å². The molecule has 0 fully saturated rings. The minimum absolute atomic E-state index is 0.0126. The zero-order valence-electron chi connectivity index (χ0n) is 16.1. The number of allylic oxidation sites excluding steroid dienone is 3. The Kier molecular flexibility index (Phi) is 9.76. The van der Waals surface area contributed by atoms with Gasteiger partial charge in [0.05, 0.1) is 18.6 Å². The number of cyclic esters (lactones) is 1. The highest BCUT2D eigenvalue weighted by atomic mass is 16.5.